The number of nitrogens with one attached hydrogen (secondary N) is 1. The summed E-state index contributed by atoms with van der Waals surface area (Å²) in [6.45, 7) is 2.17. The summed E-state index contributed by atoms with van der Waals surface area (Å²) in [6, 6.07) is 7.58. The van der Waals surface area contributed by atoms with E-state index in [1.165, 1.54) is 23.1 Å². The van der Waals surface area contributed by atoms with Crippen molar-refractivity contribution in [2.45, 2.75) is 38.3 Å². The van der Waals surface area contributed by atoms with Gasteiger partial charge in [-0.1, -0.05) is 17.3 Å². The number of carbonyl (C=O) groups is 1. The van der Waals surface area contributed by atoms with Gasteiger partial charge in [0.25, 0.3) is 5.56 Å². The number of amides is 1. The van der Waals surface area contributed by atoms with E-state index >= 15 is 0 Å². The van der Waals surface area contributed by atoms with Crippen LogP contribution in [0.25, 0.3) is 0 Å². The molecular weight excluding hydrogens is 511 g/mol. The maximum absolute atomic E-state index is 13.9. The number of aromatic amines is 1. The SMILES string of the molecule is Cc1nc(C2CCN(C(=O)Cc3c(F)cccc3F)CC2)c(C=NOc2cccc(C(F)(F)F)c2)c(=O)[nH]1. The summed E-state index contributed by atoms with van der Waals surface area (Å²) in [5, 5.41) is 3.70. The fourth-order valence-electron chi connectivity index (χ4n) is 4.29. The van der Waals surface area contributed by atoms with E-state index in [2.05, 4.69) is 15.1 Å². The topological polar surface area (TPSA) is 87.7 Å². The minimum atomic E-state index is -4.55. The summed E-state index contributed by atoms with van der Waals surface area (Å²) in [5.74, 6) is -2.03. The van der Waals surface area contributed by atoms with Gasteiger partial charge in [0, 0.05) is 24.6 Å². The maximum atomic E-state index is 13.9. The Labute approximate surface area is 214 Å². The van der Waals surface area contributed by atoms with Gasteiger partial charge in [-0.2, -0.15) is 13.2 Å². The van der Waals surface area contributed by atoms with Crippen LogP contribution in [0, 0.1) is 18.6 Å². The Kier molecular flexibility index (Phi) is 7.88. The summed E-state index contributed by atoms with van der Waals surface area (Å²) < 4.78 is 66.6. The number of carbonyl (C=O) groups excluding carboxylic acids is 1. The molecule has 1 N–H and O–H groups in total. The standard InChI is InChI=1S/C26H23F5N4O3/c1-15-33-24(16-8-10-35(11-9-16)23(36)13-19-21(27)6-3-7-22(19)28)20(25(37)34-15)14-32-38-18-5-2-4-17(12-18)26(29,30)31/h2-7,12,14,16H,8-11,13H2,1H3,(H,33,34,37). The van der Waals surface area contributed by atoms with Crippen LogP contribution in [0.5, 0.6) is 5.75 Å². The first-order valence-corrected chi connectivity index (χ1v) is 11.7. The first-order valence-electron chi connectivity index (χ1n) is 11.7. The lowest BCUT2D eigenvalue weighted by molar-refractivity contribution is -0.137. The van der Waals surface area contributed by atoms with E-state index in [9.17, 15) is 31.5 Å². The van der Waals surface area contributed by atoms with Crippen LogP contribution >= 0.6 is 0 Å². The fourth-order valence-corrected chi connectivity index (χ4v) is 4.29. The largest absolute Gasteiger partial charge is 0.416 e. The summed E-state index contributed by atoms with van der Waals surface area (Å²) in [5.41, 5.74) is -1.20. The smallest absolute Gasteiger partial charge is 0.357 e. The Hall–Kier alpha value is -4.09. The quantitative estimate of drug-likeness (QED) is 0.281. The van der Waals surface area contributed by atoms with E-state index in [0.717, 1.165) is 30.5 Å². The third-order valence-electron chi connectivity index (χ3n) is 6.23. The number of hydrogen-bond acceptors (Lipinski definition) is 5. The van der Waals surface area contributed by atoms with Crippen LogP contribution in [0.1, 0.15) is 47.0 Å². The van der Waals surface area contributed by atoms with Crippen molar-refractivity contribution in [2.24, 2.45) is 5.16 Å². The lowest BCUT2D eigenvalue weighted by Gasteiger charge is -2.32. The lowest BCUT2D eigenvalue weighted by atomic mass is 9.90. The fraction of sp³-hybridized carbons (Fsp3) is 0.308. The Balaban J connectivity index is 1.46. The number of aryl methyl sites for hydroxylation is 1. The number of aromatic nitrogens is 2. The van der Waals surface area contributed by atoms with Crippen molar-refractivity contribution in [3.8, 4) is 5.75 Å². The normalized spacial score (nSPS) is 14.7. The third-order valence-corrected chi connectivity index (χ3v) is 6.23. The number of likely N-dealkylation sites (tertiary alicyclic amines) is 1. The molecule has 0 saturated carbocycles. The van der Waals surface area contributed by atoms with Crippen LogP contribution in [-0.4, -0.2) is 40.1 Å². The predicted molar refractivity (Wildman–Crippen MR) is 128 cm³/mol. The maximum Gasteiger partial charge on any atom is 0.416 e. The summed E-state index contributed by atoms with van der Waals surface area (Å²) in [7, 11) is 0. The number of rotatable bonds is 6. The molecule has 1 aromatic heterocycles. The highest BCUT2D eigenvalue weighted by atomic mass is 19.4. The van der Waals surface area contributed by atoms with E-state index in [4.69, 9.17) is 4.84 Å². The molecule has 2 heterocycles. The van der Waals surface area contributed by atoms with Gasteiger partial charge in [-0.3, -0.25) is 9.59 Å². The van der Waals surface area contributed by atoms with Crippen molar-refractivity contribution in [1.82, 2.24) is 14.9 Å². The molecular formula is C26H23F5N4O3. The van der Waals surface area contributed by atoms with Gasteiger partial charge in [-0.15, -0.1) is 0 Å². The molecule has 200 valence electrons. The van der Waals surface area contributed by atoms with Crippen molar-refractivity contribution in [1.29, 1.82) is 0 Å². The highest BCUT2D eigenvalue weighted by Gasteiger charge is 2.31. The molecule has 7 nitrogen and oxygen atoms in total. The van der Waals surface area contributed by atoms with E-state index in [1.54, 1.807) is 6.92 Å². The Bertz CT molecular complexity index is 1390. The zero-order valence-electron chi connectivity index (χ0n) is 20.2. The predicted octanol–water partition coefficient (Wildman–Crippen LogP) is 4.74. The number of piperidine rings is 1. The molecule has 1 fully saturated rings. The van der Waals surface area contributed by atoms with Crippen LogP contribution in [0.15, 0.2) is 52.4 Å². The molecule has 38 heavy (non-hydrogen) atoms. The molecule has 3 aromatic rings. The van der Waals surface area contributed by atoms with Crippen LogP contribution in [0.3, 0.4) is 0 Å². The number of alkyl halides is 3. The summed E-state index contributed by atoms with van der Waals surface area (Å²) in [6.07, 6.45) is -3.00. The Morgan fingerprint density at radius 1 is 1.16 bits per heavy atom. The van der Waals surface area contributed by atoms with Gasteiger partial charge in [0.05, 0.1) is 29.5 Å². The van der Waals surface area contributed by atoms with E-state index in [0.29, 0.717) is 24.4 Å². The van der Waals surface area contributed by atoms with Gasteiger partial charge < -0.3 is 14.7 Å². The number of benzene rings is 2. The van der Waals surface area contributed by atoms with Gasteiger partial charge in [0.1, 0.15) is 17.5 Å². The van der Waals surface area contributed by atoms with Crippen LogP contribution < -0.4 is 10.4 Å². The zero-order valence-corrected chi connectivity index (χ0v) is 20.2. The molecule has 2 aromatic carbocycles. The van der Waals surface area contributed by atoms with Gasteiger partial charge >= 0.3 is 6.18 Å². The minimum absolute atomic E-state index is 0.0841. The first-order chi connectivity index (χ1) is 18.0. The summed E-state index contributed by atoms with van der Waals surface area (Å²) in [4.78, 5) is 38.9. The number of nitrogens with zero attached hydrogens (tertiary/aromatic N) is 3. The van der Waals surface area contributed by atoms with Gasteiger partial charge in [0.2, 0.25) is 5.91 Å². The number of H-pyrrole nitrogens is 1. The third kappa shape index (κ3) is 6.24. The van der Waals surface area contributed by atoms with Crippen LogP contribution in [0.4, 0.5) is 22.0 Å². The zero-order chi connectivity index (χ0) is 27.4. The Morgan fingerprint density at radius 2 is 1.82 bits per heavy atom. The van der Waals surface area contributed by atoms with E-state index in [1.807, 2.05) is 0 Å². The molecule has 0 atom stereocenters. The van der Waals surface area contributed by atoms with Gasteiger partial charge in [-0.05, 0) is 50.1 Å². The molecule has 0 radical (unpaired) electrons. The molecule has 0 spiro atoms. The average Bonchev–Trinajstić information content (AvgIpc) is 2.87. The second-order valence-corrected chi connectivity index (χ2v) is 8.83. The molecule has 4 rings (SSSR count). The summed E-state index contributed by atoms with van der Waals surface area (Å²) >= 11 is 0. The van der Waals surface area contributed by atoms with E-state index in [-0.39, 0.29) is 35.9 Å². The lowest BCUT2D eigenvalue weighted by Crippen LogP contribution is -2.39. The van der Waals surface area contributed by atoms with Crippen molar-refractivity contribution in [2.75, 3.05) is 13.1 Å². The molecule has 0 bridgehead atoms. The monoisotopic (exact) mass is 534 g/mol. The molecule has 12 heteroatoms. The molecule has 1 amide bonds. The molecule has 1 saturated heterocycles. The van der Waals surface area contributed by atoms with Crippen molar-refractivity contribution >= 4 is 12.1 Å². The Morgan fingerprint density at radius 3 is 2.47 bits per heavy atom. The second-order valence-electron chi connectivity index (χ2n) is 8.83. The number of hydrogen-bond donors (Lipinski definition) is 1. The molecule has 1 aliphatic heterocycles. The first kappa shape index (κ1) is 27.0. The van der Waals surface area contributed by atoms with Crippen LogP contribution in [-0.2, 0) is 17.4 Å². The highest BCUT2D eigenvalue weighted by molar-refractivity contribution is 5.81. The van der Waals surface area contributed by atoms with Crippen molar-refractivity contribution in [3.05, 3.63) is 92.7 Å². The average molecular weight is 534 g/mol. The van der Waals surface area contributed by atoms with Crippen molar-refractivity contribution < 1.29 is 31.6 Å². The van der Waals surface area contributed by atoms with E-state index < -0.39 is 41.3 Å². The molecule has 0 aliphatic carbocycles. The van der Waals surface area contributed by atoms with Crippen LogP contribution in [0.2, 0.25) is 0 Å². The highest BCUT2D eigenvalue weighted by Crippen LogP contribution is 2.31. The molecule has 0 unspecified atom stereocenters. The second kappa shape index (κ2) is 11.1. The molecule has 1 aliphatic rings. The van der Waals surface area contributed by atoms with Gasteiger partial charge in [-0.25, -0.2) is 13.8 Å². The van der Waals surface area contributed by atoms with Crippen molar-refractivity contribution in [3.63, 3.8) is 0 Å². The van der Waals surface area contributed by atoms with Gasteiger partial charge in [0.15, 0.2) is 5.75 Å². The minimum Gasteiger partial charge on any atom is -0.357 e. The number of oxime groups is 1. The number of halogens is 5.